The molecule has 1 rings (SSSR count). The van der Waals surface area contributed by atoms with E-state index < -0.39 is 12.3 Å². The van der Waals surface area contributed by atoms with Crippen molar-refractivity contribution in [3.05, 3.63) is 0 Å². The summed E-state index contributed by atoms with van der Waals surface area (Å²) < 4.78 is 5.38. The minimum Gasteiger partial charge on any atom is -0.481 e. The van der Waals surface area contributed by atoms with E-state index in [1.54, 1.807) is 0 Å². The van der Waals surface area contributed by atoms with Gasteiger partial charge in [0.2, 0.25) is 0 Å². The second-order valence-electron chi connectivity index (χ2n) is 5.12. The number of aliphatic hydroxyl groups excluding tert-OH is 1. The summed E-state index contributed by atoms with van der Waals surface area (Å²) >= 11 is 0. The quantitative estimate of drug-likeness (QED) is 0.430. The number of carboxylic acids is 1. The van der Waals surface area contributed by atoms with Gasteiger partial charge in [-0.3, -0.25) is 4.79 Å². The fraction of sp³-hybridized carbons (Fsp3) is 0.923. The maximum Gasteiger partial charge on any atom is 0.303 e. The highest BCUT2D eigenvalue weighted by molar-refractivity contribution is 5.66. The molecule has 0 aliphatic carbocycles. The lowest BCUT2D eigenvalue weighted by molar-refractivity contribution is -0.137. The second-order valence-corrected chi connectivity index (χ2v) is 5.12. The molecule has 0 aromatic heterocycles. The summed E-state index contributed by atoms with van der Waals surface area (Å²) in [6.45, 7) is 1.34. The molecule has 5 nitrogen and oxygen atoms in total. The third kappa shape index (κ3) is 6.33. The maximum atomic E-state index is 10.3. The Morgan fingerprint density at radius 3 is 2.44 bits per heavy atom. The van der Waals surface area contributed by atoms with Crippen LogP contribution in [0.5, 0.6) is 0 Å². The van der Waals surface area contributed by atoms with Crippen molar-refractivity contribution in [3.8, 4) is 0 Å². The Kier molecular flexibility index (Phi) is 7.23. The van der Waals surface area contributed by atoms with E-state index in [1.165, 1.54) is 0 Å². The standard InChI is InChI=1S/C13H24O5/c14-12(15)6-4-2-1-3-5-10-8-18-9-11(10)7-13(16)17/h10-11,13,16-17H,1-9H2,(H,14,15). The molecule has 0 saturated carbocycles. The van der Waals surface area contributed by atoms with Gasteiger partial charge in [0.25, 0.3) is 0 Å². The first-order valence-corrected chi connectivity index (χ1v) is 6.75. The monoisotopic (exact) mass is 260 g/mol. The third-order valence-electron chi connectivity index (χ3n) is 3.56. The van der Waals surface area contributed by atoms with Gasteiger partial charge in [-0.15, -0.1) is 0 Å². The minimum atomic E-state index is -1.24. The van der Waals surface area contributed by atoms with Crippen LogP contribution in [-0.4, -0.2) is 40.8 Å². The lowest BCUT2D eigenvalue weighted by Gasteiger charge is -2.18. The Labute approximate surface area is 108 Å². The van der Waals surface area contributed by atoms with Crippen molar-refractivity contribution in [3.63, 3.8) is 0 Å². The lowest BCUT2D eigenvalue weighted by Crippen LogP contribution is -2.19. The Morgan fingerprint density at radius 1 is 1.11 bits per heavy atom. The van der Waals surface area contributed by atoms with E-state index in [1.807, 2.05) is 0 Å². The van der Waals surface area contributed by atoms with Crippen LogP contribution in [0.1, 0.15) is 44.9 Å². The maximum absolute atomic E-state index is 10.3. The molecule has 1 saturated heterocycles. The number of ether oxygens (including phenoxy) is 1. The highest BCUT2D eigenvalue weighted by Gasteiger charge is 2.28. The molecule has 0 amide bonds. The molecule has 0 spiro atoms. The largest absolute Gasteiger partial charge is 0.481 e. The number of rotatable bonds is 9. The Bertz CT molecular complexity index is 242. The predicted molar refractivity (Wildman–Crippen MR) is 66.0 cm³/mol. The summed E-state index contributed by atoms with van der Waals surface area (Å²) in [6.07, 6.45) is 4.24. The number of aliphatic hydroxyl groups is 2. The lowest BCUT2D eigenvalue weighted by atomic mass is 9.88. The molecule has 1 heterocycles. The van der Waals surface area contributed by atoms with Crippen LogP contribution in [0.2, 0.25) is 0 Å². The molecule has 106 valence electrons. The first-order valence-electron chi connectivity index (χ1n) is 6.75. The first-order chi connectivity index (χ1) is 8.59. The minimum absolute atomic E-state index is 0.254. The van der Waals surface area contributed by atoms with Crippen LogP contribution in [0.3, 0.4) is 0 Å². The number of carbonyl (C=O) groups is 1. The highest BCUT2D eigenvalue weighted by Crippen LogP contribution is 2.29. The van der Waals surface area contributed by atoms with Gasteiger partial charge in [-0.2, -0.15) is 0 Å². The van der Waals surface area contributed by atoms with Crippen LogP contribution < -0.4 is 0 Å². The average Bonchev–Trinajstić information content (AvgIpc) is 2.69. The highest BCUT2D eigenvalue weighted by atomic mass is 16.5. The Balaban J connectivity index is 2.05. The van der Waals surface area contributed by atoms with Crippen molar-refractivity contribution in [1.82, 2.24) is 0 Å². The van der Waals surface area contributed by atoms with Crippen molar-refractivity contribution in [2.24, 2.45) is 11.8 Å². The zero-order valence-electron chi connectivity index (χ0n) is 10.8. The smallest absolute Gasteiger partial charge is 0.303 e. The van der Waals surface area contributed by atoms with Crippen molar-refractivity contribution in [1.29, 1.82) is 0 Å². The molecule has 0 aromatic carbocycles. The van der Waals surface area contributed by atoms with Gasteiger partial charge < -0.3 is 20.1 Å². The van der Waals surface area contributed by atoms with E-state index in [0.717, 1.165) is 32.1 Å². The van der Waals surface area contributed by atoms with Crippen molar-refractivity contribution < 1.29 is 24.9 Å². The van der Waals surface area contributed by atoms with E-state index >= 15 is 0 Å². The van der Waals surface area contributed by atoms with Gasteiger partial charge in [0.1, 0.15) is 0 Å². The van der Waals surface area contributed by atoms with E-state index in [-0.39, 0.29) is 12.3 Å². The van der Waals surface area contributed by atoms with Gasteiger partial charge in [-0.05, 0) is 24.7 Å². The van der Waals surface area contributed by atoms with Gasteiger partial charge >= 0.3 is 5.97 Å². The first kappa shape index (κ1) is 15.4. The van der Waals surface area contributed by atoms with Crippen LogP contribution >= 0.6 is 0 Å². The fourth-order valence-electron chi connectivity index (χ4n) is 2.53. The van der Waals surface area contributed by atoms with Gasteiger partial charge in [-0.25, -0.2) is 0 Å². The number of unbranched alkanes of at least 4 members (excludes halogenated alkanes) is 3. The molecular weight excluding hydrogens is 236 g/mol. The number of carboxylic acid groups (broad SMARTS) is 1. The van der Waals surface area contributed by atoms with Crippen molar-refractivity contribution >= 4 is 5.97 Å². The van der Waals surface area contributed by atoms with Crippen molar-refractivity contribution in [2.75, 3.05) is 13.2 Å². The summed E-state index contributed by atoms with van der Waals surface area (Å²) in [4.78, 5) is 10.3. The van der Waals surface area contributed by atoms with Crippen LogP contribution in [0.25, 0.3) is 0 Å². The summed E-state index contributed by atoms with van der Waals surface area (Å²) in [5, 5.41) is 26.4. The van der Waals surface area contributed by atoms with Gasteiger partial charge in [0.15, 0.2) is 6.29 Å². The van der Waals surface area contributed by atoms with Crippen LogP contribution in [0, 0.1) is 11.8 Å². The summed E-state index contributed by atoms with van der Waals surface area (Å²) in [7, 11) is 0. The van der Waals surface area contributed by atoms with E-state index in [9.17, 15) is 4.79 Å². The molecule has 1 aliphatic heterocycles. The van der Waals surface area contributed by atoms with E-state index in [4.69, 9.17) is 20.1 Å². The van der Waals surface area contributed by atoms with Crippen LogP contribution in [-0.2, 0) is 9.53 Å². The predicted octanol–water partition coefficient (Wildman–Crippen LogP) is 1.38. The molecule has 18 heavy (non-hydrogen) atoms. The molecule has 5 heteroatoms. The summed E-state index contributed by atoms with van der Waals surface area (Å²) in [5.41, 5.74) is 0. The number of hydrogen-bond acceptors (Lipinski definition) is 4. The molecule has 1 aliphatic rings. The molecular formula is C13H24O5. The summed E-state index contributed by atoms with van der Waals surface area (Å²) in [5.74, 6) is -0.0496. The van der Waals surface area contributed by atoms with Gasteiger partial charge in [0, 0.05) is 26.1 Å². The fourth-order valence-corrected chi connectivity index (χ4v) is 2.53. The molecule has 1 fully saturated rings. The second kappa shape index (κ2) is 8.45. The van der Waals surface area contributed by atoms with Gasteiger partial charge in [0.05, 0.1) is 0 Å². The Morgan fingerprint density at radius 2 is 1.78 bits per heavy atom. The van der Waals surface area contributed by atoms with E-state index in [2.05, 4.69) is 0 Å². The molecule has 0 bridgehead atoms. The molecule has 3 N–H and O–H groups in total. The number of hydrogen-bond donors (Lipinski definition) is 3. The Hall–Kier alpha value is -0.650. The van der Waals surface area contributed by atoms with Crippen LogP contribution in [0.4, 0.5) is 0 Å². The number of aliphatic carboxylic acids is 1. The SMILES string of the molecule is O=C(O)CCCCCCC1COCC1CC(O)O. The topological polar surface area (TPSA) is 87.0 Å². The normalized spacial score (nSPS) is 23.7. The molecule has 2 unspecified atom stereocenters. The van der Waals surface area contributed by atoms with E-state index in [0.29, 0.717) is 25.6 Å². The van der Waals surface area contributed by atoms with Crippen LogP contribution in [0.15, 0.2) is 0 Å². The summed E-state index contributed by atoms with van der Waals surface area (Å²) in [6, 6.07) is 0. The zero-order valence-corrected chi connectivity index (χ0v) is 10.8. The van der Waals surface area contributed by atoms with Crippen molar-refractivity contribution in [2.45, 2.75) is 51.2 Å². The molecule has 0 radical (unpaired) electrons. The third-order valence-corrected chi connectivity index (χ3v) is 3.56. The van der Waals surface area contributed by atoms with Gasteiger partial charge in [-0.1, -0.05) is 19.3 Å². The molecule has 0 aromatic rings. The molecule has 2 atom stereocenters. The average molecular weight is 260 g/mol. The zero-order chi connectivity index (χ0) is 13.4.